The van der Waals surface area contributed by atoms with Gasteiger partial charge in [-0.2, -0.15) is 0 Å². The van der Waals surface area contributed by atoms with Gasteiger partial charge in [0.15, 0.2) is 0 Å². The SMILES string of the molecule is CNC(C)c1nc(Cl)nc2ccccc12. The molecule has 4 heteroatoms. The van der Waals surface area contributed by atoms with Gasteiger partial charge in [-0.25, -0.2) is 9.97 Å². The predicted molar refractivity (Wildman–Crippen MR) is 62.0 cm³/mol. The highest BCUT2D eigenvalue weighted by atomic mass is 35.5. The van der Waals surface area contributed by atoms with Crippen LogP contribution in [0, 0.1) is 0 Å². The van der Waals surface area contributed by atoms with E-state index < -0.39 is 0 Å². The summed E-state index contributed by atoms with van der Waals surface area (Å²) < 4.78 is 0. The third-order valence-electron chi connectivity index (χ3n) is 2.45. The summed E-state index contributed by atoms with van der Waals surface area (Å²) >= 11 is 5.87. The Morgan fingerprint density at radius 2 is 2.00 bits per heavy atom. The molecule has 0 aliphatic heterocycles. The summed E-state index contributed by atoms with van der Waals surface area (Å²) in [7, 11) is 1.90. The minimum absolute atomic E-state index is 0.162. The number of nitrogens with zero attached hydrogens (tertiary/aromatic N) is 2. The van der Waals surface area contributed by atoms with E-state index in [-0.39, 0.29) is 6.04 Å². The third-order valence-corrected chi connectivity index (χ3v) is 2.62. The first kappa shape index (κ1) is 10.3. The van der Waals surface area contributed by atoms with Gasteiger partial charge in [-0.05, 0) is 31.6 Å². The number of benzene rings is 1. The normalized spacial score (nSPS) is 13.0. The molecule has 0 saturated heterocycles. The van der Waals surface area contributed by atoms with Gasteiger partial charge in [0.1, 0.15) is 0 Å². The van der Waals surface area contributed by atoms with Crippen LogP contribution < -0.4 is 5.32 Å². The smallest absolute Gasteiger partial charge is 0.223 e. The van der Waals surface area contributed by atoms with Crippen molar-refractivity contribution in [3.63, 3.8) is 0 Å². The van der Waals surface area contributed by atoms with Crippen LogP contribution in [0.4, 0.5) is 0 Å². The first-order valence-electron chi connectivity index (χ1n) is 4.82. The Labute approximate surface area is 93.5 Å². The molecule has 3 nitrogen and oxygen atoms in total. The van der Waals surface area contributed by atoms with Gasteiger partial charge in [0.2, 0.25) is 5.28 Å². The highest BCUT2D eigenvalue weighted by molar-refractivity contribution is 6.28. The van der Waals surface area contributed by atoms with Crippen molar-refractivity contribution in [3.8, 4) is 0 Å². The summed E-state index contributed by atoms with van der Waals surface area (Å²) in [5, 5.41) is 4.49. The molecule has 0 aliphatic rings. The quantitative estimate of drug-likeness (QED) is 0.793. The molecule has 2 aromatic rings. The molecule has 0 bridgehead atoms. The Bertz CT molecular complexity index is 484. The molecule has 1 aromatic heterocycles. The highest BCUT2D eigenvalue weighted by Crippen LogP contribution is 2.22. The number of halogens is 1. The van der Waals surface area contributed by atoms with Crippen LogP contribution in [-0.2, 0) is 0 Å². The number of nitrogens with one attached hydrogen (secondary N) is 1. The van der Waals surface area contributed by atoms with E-state index >= 15 is 0 Å². The summed E-state index contributed by atoms with van der Waals surface area (Å²) in [4.78, 5) is 8.44. The van der Waals surface area contributed by atoms with E-state index in [2.05, 4.69) is 15.3 Å². The maximum absolute atomic E-state index is 5.87. The molecular formula is C11H12ClN3. The van der Waals surface area contributed by atoms with Crippen LogP contribution in [-0.4, -0.2) is 17.0 Å². The zero-order chi connectivity index (χ0) is 10.8. The zero-order valence-electron chi connectivity index (χ0n) is 8.66. The lowest BCUT2D eigenvalue weighted by Crippen LogP contribution is -2.14. The zero-order valence-corrected chi connectivity index (χ0v) is 9.42. The summed E-state index contributed by atoms with van der Waals surface area (Å²) in [5.74, 6) is 0. The number of hydrogen-bond acceptors (Lipinski definition) is 3. The third kappa shape index (κ3) is 1.94. The Morgan fingerprint density at radius 1 is 1.27 bits per heavy atom. The van der Waals surface area contributed by atoms with Crippen LogP contribution in [0.1, 0.15) is 18.7 Å². The number of hydrogen-bond donors (Lipinski definition) is 1. The van der Waals surface area contributed by atoms with Crippen LogP contribution in [0.2, 0.25) is 5.28 Å². The summed E-state index contributed by atoms with van der Waals surface area (Å²) in [6.45, 7) is 2.05. The van der Waals surface area contributed by atoms with Crippen LogP contribution in [0.5, 0.6) is 0 Å². The van der Waals surface area contributed by atoms with Gasteiger partial charge < -0.3 is 5.32 Å². The Kier molecular flexibility index (Phi) is 2.84. The topological polar surface area (TPSA) is 37.8 Å². The number of rotatable bonds is 2. The molecule has 2 rings (SSSR count). The van der Waals surface area contributed by atoms with E-state index in [1.54, 1.807) is 0 Å². The van der Waals surface area contributed by atoms with Crippen molar-refractivity contribution in [1.82, 2.24) is 15.3 Å². The molecule has 1 N–H and O–H groups in total. The molecule has 1 atom stereocenters. The molecule has 78 valence electrons. The van der Waals surface area contributed by atoms with Gasteiger partial charge in [-0.3, -0.25) is 0 Å². The molecule has 0 aliphatic carbocycles. The molecule has 0 amide bonds. The number of fused-ring (bicyclic) bond motifs is 1. The van der Waals surface area contributed by atoms with Crippen LogP contribution in [0.25, 0.3) is 10.9 Å². The average Bonchev–Trinajstić information content (AvgIpc) is 2.26. The molecule has 0 spiro atoms. The van der Waals surface area contributed by atoms with Crippen molar-refractivity contribution in [2.45, 2.75) is 13.0 Å². The molecular weight excluding hydrogens is 210 g/mol. The van der Waals surface area contributed by atoms with Crippen molar-refractivity contribution in [3.05, 3.63) is 35.2 Å². The van der Waals surface area contributed by atoms with Crippen molar-refractivity contribution in [2.24, 2.45) is 0 Å². The lowest BCUT2D eigenvalue weighted by atomic mass is 10.1. The summed E-state index contributed by atoms with van der Waals surface area (Å²) in [5.41, 5.74) is 1.82. The summed E-state index contributed by atoms with van der Waals surface area (Å²) in [6.07, 6.45) is 0. The molecule has 0 radical (unpaired) electrons. The predicted octanol–water partition coefficient (Wildman–Crippen LogP) is 2.56. The minimum Gasteiger partial charge on any atom is -0.312 e. The van der Waals surface area contributed by atoms with Gasteiger partial charge in [0, 0.05) is 11.4 Å². The first-order chi connectivity index (χ1) is 7.22. The van der Waals surface area contributed by atoms with Gasteiger partial charge in [-0.1, -0.05) is 18.2 Å². The van der Waals surface area contributed by atoms with Gasteiger partial charge in [0.05, 0.1) is 11.2 Å². The number of aromatic nitrogens is 2. The largest absolute Gasteiger partial charge is 0.312 e. The van der Waals surface area contributed by atoms with Gasteiger partial charge >= 0.3 is 0 Å². The fourth-order valence-electron chi connectivity index (χ4n) is 1.54. The second kappa shape index (κ2) is 4.13. The van der Waals surface area contributed by atoms with E-state index in [0.717, 1.165) is 16.6 Å². The van der Waals surface area contributed by atoms with Crippen molar-refractivity contribution >= 4 is 22.5 Å². The molecule has 1 aromatic carbocycles. The van der Waals surface area contributed by atoms with Gasteiger partial charge in [-0.15, -0.1) is 0 Å². The van der Waals surface area contributed by atoms with E-state index in [0.29, 0.717) is 5.28 Å². The Hall–Kier alpha value is -1.19. The molecule has 15 heavy (non-hydrogen) atoms. The standard InChI is InChI=1S/C11H12ClN3/c1-7(13-2)10-8-5-3-4-6-9(8)14-11(12)15-10/h3-7,13H,1-2H3. The maximum atomic E-state index is 5.87. The second-order valence-electron chi connectivity index (χ2n) is 3.41. The maximum Gasteiger partial charge on any atom is 0.223 e. The molecule has 0 fully saturated rings. The second-order valence-corrected chi connectivity index (χ2v) is 3.74. The lowest BCUT2D eigenvalue weighted by molar-refractivity contribution is 0.637. The van der Waals surface area contributed by atoms with E-state index in [4.69, 9.17) is 11.6 Å². The summed E-state index contributed by atoms with van der Waals surface area (Å²) in [6, 6.07) is 8.03. The van der Waals surface area contributed by atoms with Crippen molar-refractivity contribution in [2.75, 3.05) is 7.05 Å². The molecule has 0 saturated carbocycles. The van der Waals surface area contributed by atoms with Gasteiger partial charge in [0.25, 0.3) is 0 Å². The van der Waals surface area contributed by atoms with E-state index in [1.165, 1.54) is 0 Å². The Morgan fingerprint density at radius 3 is 2.73 bits per heavy atom. The number of para-hydroxylation sites is 1. The minimum atomic E-state index is 0.162. The first-order valence-corrected chi connectivity index (χ1v) is 5.19. The molecule has 1 heterocycles. The lowest BCUT2D eigenvalue weighted by Gasteiger charge is -2.12. The van der Waals surface area contributed by atoms with Crippen LogP contribution >= 0.6 is 11.6 Å². The van der Waals surface area contributed by atoms with Crippen LogP contribution in [0.15, 0.2) is 24.3 Å². The Balaban J connectivity index is 2.71. The fourth-order valence-corrected chi connectivity index (χ4v) is 1.72. The van der Waals surface area contributed by atoms with Crippen molar-refractivity contribution in [1.29, 1.82) is 0 Å². The monoisotopic (exact) mass is 221 g/mol. The average molecular weight is 222 g/mol. The van der Waals surface area contributed by atoms with Crippen molar-refractivity contribution < 1.29 is 0 Å². The highest BCUT2D eigenvalue weighted by Gasteiger charge is 2.11. The fraction of sp³-hybridized carbons (Fsp3) is 0.273. The van der Waals surface area contributed by atoms with Crippen LogP contribution in [0.3, 0.4) is 0 Å². The van der Waals surface area contributed by atoms with E-state index in [9.17, 15) is 0 Å². The molecule has 1 unspecified atom stereocenters. The van der Waals surface area contributed by atoms with E-state index in [1.807, 2.05) is 38.2 Å².